The largest absolute Gasteiger partial charge is 0.355 e. The lowest BCUT2D eigenvalue weighted by atomic mass is 10.4. The maximum Gasteiger partial charge on any atom is 0.191 e. The molecule has 2 aromatic rings. The number of thiazole rings is 1. The van der Waals surface area contributed by atoms with E-state index in [4.69, 9.17) is 0 Å². The fourth-order valence-corrected chi connectivity index (χ4v) is 4.28. The van der Waals surface area contributed by atoms with Crippen molar-refractivity contribution in [2.75, 3.05) is 13.6 Å². The predicted octanol–water partition coefficient (Wildman–Crippen LogP) is 3.44. The Hall–Kier alpha value is -1.53. The lowest BCUT2D eigenvalue weighted by Gasteiger charge is -2.18. The first kappa shape index (κ1) is 16.3. The summed E-state index contributed by atoms with van der Waals surface area (Å²) in [6.07, 6.45) is 2.51. The summed E-state index contributed by atoms with van der Waals surface area (Å²) in [5.41, 5.74) is 2.98. The summed E-state index contributed by atoms with van der Waals surface area (Å²) < 4.78 is 0.319. The minimum atomic E-state index is 0.319. The van der Waals surface area contributed by atoms with Crippen LogP contribution in [-0.2, 0) is 6.54 Å². The molecule has 1 saturated carbocycles. The molecule has 1 heterocycles. The van der Waals surface area contributed by atoms with E-state index in [1.807, 2.05) is 31.2 Å². The molecule has 1 aromatic carbocycles. The van der Waals surface area contributed by atoms with Crippen molar-refractivity contribution in [1.29, 1.82) is 0 Å². The Morgan fingerprint density at radius 2 is 2.09 bits per heavy atom. The van der Waals surface area contributed by atoms with E-state index in [0.717, 1.165) is 24.7 Å². The number of nitrogens with zero attached hydrogens (tertiary/aromatic N) is 2. The molecule has 0 radical (unpaired) electrons. The highest BCUT2D eigenvalue weighted by Gasteiger charge is 2.43. The van der Waals surface area contributed by atoms with E-state index in [-0.39, 0.29) is 0 Å². The van der Waals surface area contributed by atoms with Crippen molar-refractivity contribution < 1.29 is 0 Å². The zero-order valence-electron chi connectivity index (χ0n) is 13.5. The van der Waals surface area contributed by atoms with Gasteiger partial charge >= 0.3 is 0 Å². The average molecular weight is 347 g/mol. The van der Waals surface area contributed by atoms with E-state index < -0.39 is 0 Å². The van der Waals surface area contributed by atoms with Crippen molar-refractivity contribution in [2.24, 2.45) is 4.99 Å². The molecule has 1 fully saturated rings. The second kappa shape index (κ2) is 7.36. The quantitative estimate of drug-likeness (QED) is 0.621. The van der Waals surface area contributed by atoms with E-state index in [2.05, 4.69) is 50.9 Å². The summed E-state index contributed by atoms with van der Waals surface area (Å²) >= 11 is 3.65. The van der Waals surface area contributed by atoms with Gasteiger partial charge in [0.15, 0.2) is 5.96 Å². The number of thioether (sulfide) groups is 1. The summed E-state index contributed by atoms with van der Waals surface area (Å²) in [6, 6.07) is 10.6. The van der Waals surface area contributed by atoms with Gasteiger partial charge in [-0.25, -0.2) is 4.98 Å². The number of hydrogen-bond donors (Lipinski definition) is 2. The molecule has 4 nitrogen and oxygen atoms in total. The fourth-order valence-electron chi connectivity index (χ4n) is 2.32. The van der Waals surface area contributed by atoms with Gasteiger partial charge in [-0.1, -0.05) is 18.2 Å². The molecule has 0 spiro atoms. The molecular formula is C17H22N4S2. The van der Waals surface area contributed by atoms with E-state index in [1.165, 1.54) is 22.6 Å². The van der Waals surface area contributed by atoms with Crippen LogP contribution in [0, 0.1) is 6.92 Å². The predicted molar refractivity (Wildman–Crippen MR) is 99.3 cm³/mol. The zero-order valence-corrected chi connectivity index (χ0v) is 15.1. The monoisotopic (exact) mass is 346 g/mol. The van der Waals surface area contributed by atoms with Gasteiger partial charge < -0.3 is 10.6 Å². The van der Waals surface area contributed by atoms with Crippen LogP contribution in [0.15, 0.2) is 45.7 Å². The number of aliphatic imine (C=N–C) groups is 1. The van der Waals surface area contributed by atoms with E-state index in [9.17, 15) is 0 Å². The van der Waals surface area contributed by atoms with Crippen LogP contribution in [0.4, 0.5) is 0 Å². The molecule has 122 valence electrons. The van der Waals surface area contributed by atoms with Gasteiger partial charge in [-0.05, 0) is 31.9 Å². The summed E-state index contributed by atoms with van der Waals surface area (Å²) in [4.78, 5) is 11.2. The van der Waals surface area contributed by atoms with Crippen molar-refractivity contribution in [2.45, 2.75) is 36.0 Å². The van der Waals surface area contributed by atoms with Gasteiger partial charge in [-0.15, -0.1) is 23.1 Å². The average Bonchev–Trinajstić information content (AvgIpc) is 3.21. The first-order valence-corrected chi connectivity index (χ1v) is 9.48. The SMILES string of the molecule is CN=C(NCc1scnc1C)NCC1(Sc2ccccc2)CC1. The van der Waals surface area contributed by atoms with E-state index >= 15 is 0 Å². The number of aryl methyl sites for hydroxylation is 1. The summed E-state index contributed by atoms with van der Waals surface area (Å²) in [7, 11) is 1.82. The molecule has 0 aliphatic heterocycles. The Bertz CT molecular complexity index is 662. The minimum absolute atomic E-state index is 0.319. The highest BCUT2D eigenvalue weighted by atomic mass is 32.2. The van der Waals surface area contributed by atoms with Crippen LogP contribution >= 0.6 is 23.1 Å². The van der Waals surface area contributed by atoms with Gasteiger partial charge in [0, 0.05) is 28.1 Å². The zero-order chi connectivity index (χ0) is 16.1. The lowest BCUT2D eigenvalue weighted by Crippen LogP contribution is -2.40. The number of nitrogens with one attached hydrogen (secondary N) is 2. The van der Waals surface area contributed by atoms with E-state index in [0.29, 0.717) is 4.75 Å². The molecule has 0 amide bonds. The van der Waals surface area contributed by atoms with Crippen molar-refractivity contribution in [3.63, 3.8) is 0 Å². The van der Waals surface area contributed by atoms with Crippen LogP contribution < -0.4 is 10.6 Å². The number of benzene rings is 1. The van der Waals surface area contributed by atoms with Crippen LogP contribution in [-0.4, -0.2) is 29.3 Å². The number of guanidine groups is 1. The van der Waals surface area contributed by atoms with Crippen LogP contribution in [0.1, 0.15) is 23.4 Å². The van der Waals surface area contributed by atoms with Gasteiger partial charge in [0.2, 0.25) is 0 Å². The summed E-state index contributed by atoms with van der Waals surface area (Å²) in [6.45, 7) is 3.75. The van der Waals surface area contributed by atoms with Crippen LogP contribution in [0.2, 0.25) is 0 Å². The van der Waals surface area contributed by atoms with Gasteiger partial charge in [-0.3, -0.25) is 4.99 Å². The maximum atomic E-state index is 4.32. The Labute approximate surface area is 145 Å². The third-order valence-corrected chi connectivity index (χ3v) is 6.38. The smallest absolute Gasteiger partial charge is 0.191 e. The number of hydrogen-bond acceptors (Lipinski definition) is 4. The molecule has 0 saturated heterocycles. The molecule has 0 atom stereocenters. The molecule has 2 N–H and O–H groups in total. The molecule has 3 rings (SSSR count). The minimum Gasteiger partial charge on any atom is -0.355 e. The van der Waals surface area contributed by atoms with Crippen LogP contribution in [0.3, 0.4) is 0 Å². The number of aromatic nitrogens is 1. The van der Waals surface area contributed by atoms with Crippen molar-refractivity contribution >= 4 is 29.1 Å². The molecule has 0 bridgehead atoms. The van der Waals surface area contributed by atoms with Gasteiger partial charge in [0.1, 0.15) is 0 Å². The van der Waals surface area contributed by atoms with Crippen LogP contribution in [0.25, 0.3) is 0 Å². The Balaban J connectivity index is 1.49. The Morgan fingerprint density at radius 1 is 1.30 bits per heavy atom. The molecule has 6 heteroatoms. The highest BCUT2D eigenvalue weighted by molar-refractivity contribution is 8.01. The maximum absolute atomic E-state index is 4.32. The van der Waals surface area contributed by atoms with Gasteiger partial charge in [0.05, 0.1) is 17.7 Å². The standard InChI is InChI=1S/C17H22N4S2/c1-13-15(22-12-21-13)10-19-16(18-2)20-11-17(8-9-17)23-14-6-4-3-5-7-14/h3-7,12H,8-11H2,1-2H3,(H2,18,19,20). The Morgan fingerprint density at radius 3 is 2.70 bits per heavy atom. The third kappa shape index (κ3) is 4.48. The normalized spacial score (nSPS) is 16.2. The first-order chi connectivity index (χ1) is 11.2. The fraction of sp³-hybridized carbons (Fsp3) is 0.412. The van der Waals surface area contributed by atoms with Gasteiger partial charge in [-0.2, -0.15) is 0 Å². The molecule has 0 unspecified atom stereocenters. The van der Waals surface area contributed by atoms with Gasteiger partial charge in [0.25, 0.3) is 0 Å². The van der Waals surface area contributed by atoms with E-state index in [1.54, 1.807) is 11.3 Å². The molecule has 23 heavy (non-hydrogen) atoms. The van der Waals surface area contributed by atoms with Crippen LogP contribution in [0.5, 0.6) is 0 Å². The Kier molecular flexibility index (Phi) is 5.23. The first-order valence-electron chi connectivity index (χ1n) is 7.78. The van der Waals surface area contributed by atoms with Crippen molar-refractivity contribution in [3.05, 3.63) is 46.4 Å². The molecule has 1 aliphatic carbocycles. The second-order valence-corrected chi connectivity index (χ2v) is 8.22. The molecule has 1 aromatic heterocycles. The lowest BCUT2D eigenvalue weighted by molar-refractivity contribution is 0.767. The topological polar surface area (TPSA) is 49.3 Å². The highest BCUT2D eigenvalue weighted by Crippen LogP contribution is 2.51. The molecule has 1 aliphatic rings. The molecular weight excluding hydrogens is 324 g/mol. The van der Waals surface area contributed by atoms with Crippen molar-refractivity contribution in [3.8, 4) is 0 Å². The number of rotatable bonds is 6. The second-order valence-electron chi connectivity index (χ2n) is 5.74. The van der Waals surface area contributed by atoms with Crippen molar-refractivity contribution in [1.82, 2.24) is 15.6 Å². The third-order valence-electron chi connectivity index (χ3n) is 3.95. The summed E-state index contributed by atoms with van der Waals surface area (Å²) in [5.74, 6) is 0.859. The summed E-state index contributed by atoms with van der Waals surface area (Å²) in [5, 5.41) is 6.85.